The number of rotatable bonds is 5. The minimum Gasteiger partial charge on any atom is -0.377 e. The number of nitrogens with two attached hydrogens (primary N) is 1. The van der Waals surface area contributed by atoms with E-state index in [4.69, 9.17) is 22.1 Å². The highest BCUT2D eigenvalue weighted by Gasteiger charge is 2.35. The van der Waals surface area contributed by atoms with Gasteiger partial charge in [-0.05, 0) is 38.9 Å². The summed E-state index contributed by atoms with van der Waals surface area (Å²) in [5, 5.41) is 0. The molecule has 0 aromatic carbocycles. The number of ether oxygens (including phenoxy) is 1. The number of hydrogen-bond donors (Lipinski definition) is 1. The fourth-order valence-corrected chi connectivity index (χ4v) is 4.18. The Morgan fingerprint density at radius 3 is 2.79 bits per heavy atom. The summed E-state index contributed by atoms with van der Waals surface area (Å²) in [6.07, 6.45) is 2.29. The molecule has 1 aliphatic rings. The van der Waals surface area contributed by atoms with Gasteiger partial charge in [0.2, 0.25) is 0 Å². The second-order valence-corrected chi connectivity index (χ2v) is 7.00. The molecule has 0 bridgehead atoms. The van der Waals surface area contributed by atoms with Crippen LogP contribution in [0.4, 0.5) is 0 Å². The van der Waals surface area contributed by atoms with E-state index in [1.165, 1.54) is 4.88 Å². The zero-order valence-corrected chi connectivity index (χ0v) is 13.4. The van der Waals surface area contributed by atoms with Gasteiger partial charge in [0.25, 0.3) is 0 Å². The minimum atomic E-state index is 0.118. The van der Waals surface area contributed by atoms with Crippen LogP contribution in [0.3, 0.4) is 0 Å². The van der Waals surface area contributed by atoms with Crippen molar-refractivity contribution < 1.29 is 4.74 Å². The van der Waals surface area contributed by atoms with Crippen molar-refractivity contribution in [3.05, 3.63) is 21.3 Å². The van der Waals surface area contributed by atoms with Crippen molar-refractivity contribution in [1.29, 1.82) is 0 Å². The van der Waals surface area contributed by atoms with E-state index in [0.29, 0.717) is 6.04 Å². The zero-order chi connectivity index (χ0) is 14.0. The highest BCUT2D eigenvalue weighted by atomic mass is 35.5. The Kier molecular flexibility index (Phi) is 5.26. The van der Waals surface area contributed by atoms with E-state index in [-0.39, 0.29) is 18.2 Å². The first-order valence-corrected chi connectivity index (χ1v) is 8.08. The van der Waals surface area contributed by atoms with E-state index in [1.54, 1.807) is 11.3 Å². The highest BCUT2D eigenvalue weighted by Crippen LogP contribution is 2.35. The monoisotopic (exact) mass is 302 g/mol. The first-order valence-electron chi connectivity index (χ1n) is 6.89. The first-order chi connectivity index (χ1) is 9.04. The van der Waals surface area contributed by atoms with Gasteiger partial charge in [0.05, 0.1) is 16.5 Å². The Morgan fingerprint density at radius 2 is 2.32 bits per heavy atom. The predicted octanol–water partition coefficient (Wildman–Crippen LogP) is 3.29. The second-order valence-electron chi connectivity index (χ2n) is 5.26. The molecule has 1 aromatic rings. The van der Waals surface area contributed by atoms with Gasteiger partial charge in [-0.2, -0.15) is 0 Å². The minimum absolute atomic E-state index is 0.118. The molecule has 1 saturated heterocycles. The van der Waals surface area contributed by atoms with Gasteiger partial charge >= 0.3 is 0 Å². The second kappa shape index (κ2) is 6.55. The number of nitrogens with zero attached hydrogens (tertiary/aromatic N) is 1. The lowest BCUT2D eigenvalue weighted by Gasteiger charge is -2.37. The van der Waals surface area contributed by atoms with Gasteiger partial charge in [0.15, 0.2) is 0 Å². The van der Waals surface area contributed by atoms with E-state index in [1.807, 2.05) is 6.07 Å². The topological polar surface area (TPSA) is 38.5 Å². The molecule has 19 heavy (non-hydrogen) atoms. The lowest BCUT2D eigenvalue weighted by atomic mass is 9.99. The van der Waals surface area contributed by atoms with Crippen molar-refractivity contribution in [2.75, 3.05) is 13.7 Å². The average molecular weight is 303 g/mol. The molecule has 4 atom stereocenters. The van der Waals surface area contributed by atoms with Crippen molar-refractivity contribution in [3.63, 3.8) is 0 Å². The molecule has 5 heteroatoms. The molecular formula is C14H23ClN2OS. The zero-order valence-electron chi connectivity index (χ0n) is 11.8. The maximum Gasteiger partial charge on any atom is 0.0931 e. The molecular weight excluding hydrogens is 280 g/mol. The Labute approximate surface area is 124 Å². The summed E-state index contributed by atoms with van der Waals surface area (Å²) >= 11 is 7.71. The summed E-state index contributed by atoms with van der Waals surface area (Å²) in [5.74, 6) is 0. The Balaban J connectivity index is 2.22. The van der Waals surface area contributed by atoms with Crippen LogP contribution in [0.15, 0.2) is 12.1 Å². The molecule has 1 fully saturated rings. The lowest BCUT2D eigenvalue weighted by molar-refractivity contribution is 0.0617. The molecule has 2 heterocycles. The van der Waals surface area contributed by atoms with Gasteiger partial charge in [-0.1, -0.05) is 18.5 Å². The molecule has 1 aliphatic heterocycles. The Hall–Kier alpha value is -0.130. The molecule has 0 spiro atoms. The van der Waals surface area contributed by atoms with Crippen LogP contribution in [0, 0.1) is 0 Å². The van der Waals surface area contributed by atoms with Crippen LogP contribution >= 0.6 is 22.9 Å². The molecule has 2 rings (SSSR count). The van der Waals surface area contributed by atoms with Crippen LogP contribution < -0.4 is 5.73 Å². The first kappa shape index (κ1) is 15.3. The van der Waals surface area contributed by atoms with Crippen LogP contribution in [-0.2, 0) is 4.74 Å². The number of hydrogen-bond acceptors (Lipinski definition) is 4. The van der Waals surface area contributed by atoms with Gasteiger partial charge < -0.3 is 10.5 Å². The van der Waals surface area contributed by atoms with E-state index in [2.05, 4.69) is 31.9 Å². The van der Waals surface area contributed by atoms with Crippen molar-refractivity contribution in [1.82, 2.24) is 4.90 Å². The van der Waals surface area contributed by atoms with Crippen molar-refractivity contribution in [2.45, 2.75) is 50.9 Å². The van der Waals surface area contributed by atoms with E-state index < -0.39 is 0 Å². The molecule has 4 unspecified atom stereocenters. The smallest absolute Gasteiger partial charge is 0.0931 e. The number of likely N-dealkylation sites (N-methyl/N-ethyl adjacent to an activating group) is 1. The molecule has 108 valence electrons. The van der Waals surface area contributed by atoms with Crippen molar-refractivity contribution in [3.8, 4) is 0 Å². The maximum absolute atomic E-state index is 6.35. The largest absolute Gasteiger partial charge is 0.377 e. The van der Waals surface area contributed by atoms with Gasteiger partial charge in [-0.15, -0.1) is 11.3 Å². The van der Waals surface area contributed by atoms with Gasteiger partial charge in [0.1, 0.15) is 0 Å². The summed E-state index contributed by atoms with van der Waals surface area (Å²) in [6.45, 7) is 5.12. The maximum atomic E-state index is 6.35. The van der Waals surface area contributed by atoms with Crippen LogP contribution in [0.25, 0.3) is 0 Å². The summed E-state index contributed by atoms with van der Waals surface area (Å²) in [7, 11) is 2.16. The van der Waals surface area contributed by atoms with Crippen LogP contribution in [0.2, 0.25) is 4.34 Å². The predicted molar refractivity (Wildman–Crippen MR) is 81.9 cm³/mol. The van der Waals surface area contributed by atoms with Gasteiger partial charge in [-0.25, -0.2) is 0 Å². The third-order valence-electron chi connectivity index (χ3n) is 4.06. The number of thiophene rings is 1. The third-order valence-corrected chi connectivity index (χ3v) is 5.36. The van der Waals surface area contributed by atoms with Crippen LogP contribution in [-0.4, -0.2) is 36.7 Å². The molecule has 0 amide bonds. The van der Waals surface area contributed by atoms with E-state index >= 15 is 0 Å². The summed E-state index contributed by atoms with van der Waals surface area (Å²) < 4.78 is 6.51. The Bertz CT molecular complexity index is 412. The molecule has 0 aliphatic carbocycles. The molecule has 2 N–H and O–H groups in total. The van der Waals surface area contributed by atoms with E-state index in [0.717, 1.165) is 23.8 Å². The summed E-state index contributed by atoms with van der Waals surface area (Å²) in [5.41, 5.74) is 6.35. The normalized spacial score (nSPS) is 26.8. The third kappa shape index (κ3) is 3.31. The van der Waals surface area contributed by atoms with Crippen molar-refractivity contribution >= 4 is 22.9 Å². The highest BCUT2D eigenvalue weighted by molar-refractivity contribution is 7.16. The fraction of sp³-hybridized carbons (Fsp3) is 0.714. The molecule has 1 aromatic heterocycles. The summed E-state index contributed by atoms with van der Waals surface area (Å²) in [4.78, 5) is 3.63. The SMILES string of the molecule is CCC(N)C(c1ccc(Cl)s1)N(C)C1CCOC1C. The van der Waals surface area contributed by atoms with Gasteiger partial charge in [-0.3, -0.25) is 4.90 Å². The van der Waals surface area contributed by atoms with Crippen LogP contribution in [0.1, 0.15) is 37.6 Å². The Morgan fingerprint density at radius 1 is 1.58 bits per heavy atom. The molecule has 3 nitrogen and oxygen atoms in total. The lowest BCUT2D eigenvalue weighted by Crippen LogP contribution is -2.46. The van der Waals surface area contributed by atoms with Crippen molar-refractivity contribution in [2.24, 2.45) is 5.73 Å². The summed E-state index contributed by atoms with van der Waals surface area (Å²) in [6, 6.07) is 4.83. The molecule has 0 radical (unpaired) electrons. The fourth-order valence-electron chi connectivity index (χ4n) is 2.89. The van der Waals surface area contributed by atoms with E-state index in [9.17, 15) is 0 Å². The molecule has 0 saturated carbocycles. The number of halogens is 1. The standard InChI is InChI=1S/C14H23ClN2OS/c1-4-10(16)14(12-5-6-13(15)19-12)17(3)11-7-8-18-9(11)2/h5-6,9-11,14H,4,7-8,16H2,1-3H3. The average Bonchev–Trinajstić information content (AvgIpc) is 2.98. The van der Waals surface area contributed by atoms with Gasteiger partial charge in [0, 0.05) is 23.6 Å². The van der Waals surface area contributed by atoms with Crippen LogP contribution in [0.5, 0.6) is 0 Å². The quantitative estimate of drug-likeness (QED) is 0.907.